The number of nitrogens with one attached hydrogen (secondary N) is 2. The van der Waals surface area contributed by atoms with Crippen molar-refractivity contribution < 1.29 is 19.7 Å². The van der Waals surface area contributed by atoms with Gasteiger partial charge in [0.05, 0.1) is 22.5 Å². The van der Waals surface area contributed by atoms with Crippen LogP contribution >= 0.6 is 11.3 Å². The molecule has 1 aliphatic heterocycles. The van der Waals surface area contributed by atoms with Gasteiger partial charge >= 0.3 is 6.03 Å². The first kappa shape index (κ1) is 23.2. The number of anilines is 1. The van der Waals surface area contributed by atoms with Gasteiger partial charge in [-0.15, -0.1) is 0 Å². The maximum atomic E-state index is 12.0. The van der Waals surface area contributed by atoms with Crippen LogP contribution < -0.4 is 10.6 Å². The number of hydrogen-bond donors (Lipinski definition) is 4. The lowest BCUT2D eigenvalue weighted by molar-refractivity contribution is -0.162. The van der Waals surface area contributed by atoms with Crippen LogP contribution in [0.2, 0.25) is 0 Å². The van der Waals surface area contributed by atoms with E-state index >= 15 is 0 Å². The van der Waals surface area contributed by atoms with Crippen molar-refractivity contribution in [1.82, 2.24) is 25.3 Å². The average Bonchev–Trinajstić information content (AvgIpc) is 3.28. The molecule has 1 fully saturated rings. The minimum atomic E-state index is -1.55. The molecule has 4 heterocycles. The molecule has 5 rings (SSSR count). The predicted octanol–water partition coefficient (Wildman–Crippen LogP) is 2.93. The summed E-state index contributed by atoms with van der Waals surface area (Å²) in [6.07, 6.45) is 4.07. The van der Waals surface area contributed by atoms with Crippen LogP contribution in [0.25, 0.3) is 32.6 Å². The van der Waals surface area contributed by atoms with Gasteiger partial charge in [-0.3, -0.25) is 10.3 Å². The van der Waals surface area contributed by atoms with Crippen LogP contribution in [-0.2, 0) is 10.3 Å². The molecule has 1 saturated heterocycles. The molecule has 11 heteroatoms. The number of fused-ring (bicyclic) bond motifs is 1. The Balaban J connectivity index is 1.55. The Morgan fingerprint density at radius 3 is 2.77 bits per heavy atom. The number of aliphatic hydroxyl groups is 2. The van der Waals surface area contributed by atoms with Crippen LogP contribution in [0.1, 0.15) is 19.2 Å². The standard InChI is InChI=1S/C24H24N6O4S/c1-2-25-22(32)30-23-29-18-10-14(9-16(20(18)35-23)17-5-3-4-7-26-17)15-11-27-21(28-12-15)24(33)6-8-34-13-19(24)31/h3-5,7,9-12,19,31,33H,2,6,8,13H2,1H3,(H2,25,29,30,32)/t19-,24-/m0/s1. The van der Waals surface area contributed by atoms with Crippen LogP contribution in [-0.4, -0.2) is 62.0 Å². The third kappa shape index (κ3) is 4.58. The van der Waals surface area contributed by atoms with Gasteiger partial charge in [0.15, 0.2) is 16.6 Å². The molecule has 0 saturated carbocycles. The lowest BCUT2D eigenvalue weighted by Gasteiger charge is -2.35. The van der Waals surface area contributed by atoms with Crippen LogP contribution in [0.15, 0.2) is 48.9 Å². The molecular formula is C24H24N6O4S. The zero-order chi connectivity index (χ0) is 24.4. The minimum absolute atomic E-state index is 0.0299. The number of amides is 2. The smallest absolute Gasteiger partial charge is 0.321 e. The largest absolute Gasteiger partial charge is 0.387 e. The normalized spacial score (nSPS) is 20.0. The Bertz CT molecular complexity index is 1350. The maximum Gasteiger partial charge on any atom is 0.321 e. The Labute approximate surface area is 205 Å². The molecule has 0 bridgehead atoms. The van der Waals surface area contributed by atoms with E-state index in [2.05, 4.69) is 30.6 Å². The summed E-state index contributed by atoms with van der Waals surface area (Å²) in [5.41, 5.74) is 2.30. The lowest BCUT2D eigenvalue weighted by atomic mass is 9.90. The Morgan fingerprint density at radius 1 is 1.23 bits per heavy atom. The predicted molar refractivity (Wildman–Crippen MR) is 132 cm³/mol. The summed E-state index contributed by atoms with van der Waals surface area (Å²) < 4.78 is 6.11. The topological polar surface area (TPSA) is 142 Å². The van der Waals surface area contributed by atoms with Gasteiger partial charge in [0.2, 0.25) is 0 Å². The zero-order valence-corrected chi connectivity index (χ0v) is 19.7. The molecule has 2 atom stereocenters. The van der Waals surface area contributed by atoms with E-state index < -0.39 is 11.7 Å². The third-order valence-electron chi connectivity index (χ3n) is 5.82. The summed E-state index contributed by atoms with van der Waals surface area (Å²) in [7, 11) is 0. The second-order valence-electron chi connectivity index (χ2n) is 8.15. The quantitative estimate of drug-likeness (QED) is 0.333. The van der Waals surface area contributed by atoms with Crippen LogP contribution in [0.5, 0.6) is 0 Å². The summed E-state index contributed by atoms with van der Waals surface area (Å²) in [5.74, 6) is 0.158. The van der Waals surface area contributed by atoms with Gasteiger partial charge in [0.25, 0.3) is 0 Å². The summed E-state index contributed by atoms with van der Waals surface area (Å²) in [6, 6.07) is 9.24. The Morgan fingerprint density at radius 2 is 2.06 bits per heavy atom. The van der Waals surface area contributed by atoms with Crippen LogP contribution in [0, 0.1) is 0 Å². The third-order valence-corrected chi connectivity index (χ3v) is 6.84. The van der Waals surface area contributed by atoms with Gasteiger partial charge < -0.3 is 20.3 Å². The van der Waals surface area contributed by atoms with E-state index in [9.17, 15) is 15.0 Å². The zero-order valence-electron chi connectivity index (χ0n) is 18.9. The van der Waals surface area contributed by atoms with Gasteiger partial charge in [-0.25, -0.2) is 19.7 Å². The van der Waals surface area contributed by atoms with E-state index in [1.54, 1.807) is 18.6 Å². The van der Waals surface area contributed by atoms with E-state index in [1.165, 1.54) is 11.3 Å². The molecule has 0 spiro atoms. The van der Waals surface area contributed by atoms with Gasteiger partial charge in [-0.2, -0.15) is 0 Å². The fourth-order valence-electron chi connectivity index (χ4n) is 3.96. The first-order chi connectivity index (χ1) is 17.0. The molecule has 2 amide bonds. The number of urea groups is 1. The van der Waals surface area contributed by atoms with Crippen molar-refractivity contribution >= 4 is 32.7 Å². The summed E-state index contributed by atoms with van der Waals surface area (Å²) in [6.45, 7) is 2.70. The van der Waals surface area contributed by atoms with Gasteiger partial charge in [-0.1, -0.05) is 17.4 Å². The molecular weight excluding hydrogens is 468 g/mol. The van der Waals surface area contributed by atoms with Gasteiger partial charge in [0.1, 0.15) is 6.10 Å². The highest BCUT2D eigenvalue weighted by Crippen LogP contribution is 2.38. The van der Waals surface area contributed by atoms with Crippen molar-refractivity contribution in [2.45, 2.75) is 25.0 Å². The molecule has 0 radical (unpaired) electrons. The number of aliphatic hydroxyl groups excluding tert-OH is 1. The summed E-state index contributed by atoms with van der Waals surface area (Å²) in [4.78, 5) is 29.9. The monoisotopic (exact) mass is 492 g/mol. The van der Waals surface area contributed by atoms with E-state index in [4.69, 9.17) is 4.74 Å². The SMILES string of the molecule is CCNC(=O)Nc1nc2cc(-c3cnc([C@]4(O)CCOC[C@@H]4O)nc3)cc(-c3ccccn3)c2s1. The number of carbonyl (C=O) groups excluding carboxylic acids is 1. The van der Waals surface area contributed by atoms with Crippen molar-refractivity contribution in [3.8, 4) is 22.4 Å². The van der Waals surface area contributed by atoms with Crippen molar-refractivity contribution in [3.05, 3.63) is 54.7 Å². The van der Waals surface area contributed by atoms with Crippen molar-refractivity contribution in [2.75, 3.05) is 25.1 Å². The molecule has 4 N–H and O–H groups in total. The summed E-state index contributed by atoms with van der Waals surface area (Å²) in [5, 5.41) is 27.1. The number of hydrogen-bond acceptors (Lipinski definition) is 9. The van der Waals surface area contributed by atoms with Gasteiger partial charge in [0, 0.05) is 49.3 Å². The molecule has 3 aromatic heterocycles. The molecule has 180 valence electrons. The van der Waals surface area contributed by atoms with Gasteiger partial charge in [-0.05, 0) is 36.8 Å². The van der Waals surface area contributed by atoms with E-state index in [0.29, 0.717) is 29.4 Å². The highest BCUT2D eigenvalue weighted by atomic mass is 32.1. The first-order valence-corrected chi connectivity index (χ1v) is 12.0. The molecule has 1 aromatic carbocycles. The molecule has 35 heavy (non-hydrogen) atoms. The number of aromatic nitrogens is 4. The van der Waals surface area contributed by atoms with Crippen molar-refractivity contribution in [1.29, 1.82) is 0 Å². The fourth-order valence-corrected chi connectivity index (χ4v) is 4.92. The van der Waals surface area contributed by atoms with Crippen LogP contribution in [0.4, 0.5) is 9.93 Å². The van der Waals surface area contributed by atoms with E-state index in [1.807, 2.05) is 37.3 Å². The van der Waals surface area contributed by atoms with Crippen molar-refractivity contribution in [2.24, 2.45) is 0 Å². The number of ether oxygens (including phenoxy) is 1. The lowest BCUT2D eigenvalue weighted by Crippen LogP contribution is -2.48. The molecule has 0 aliphatic carbocycles. The number of benzene rings is 1. The molecule has 10 nitrogen and oxygen atoms in total. The second kappa shape index (κ2) is 9.62. The minimum Gasteiger partial charge on any atom is -0.387 e. The van der Waals surface area contributed by atoms with Crippen molar-refractivity contribution in [3.63, 3.8) is 0 Å². The Kier molecular flexibility index (Phi) is 6.39. The average molecular weight is 493 g/mol. The highest BCUT2D eigenvalue weighted by molar-refractivity contribution is 7.22. The van der Waals surface area contributed by atoms with E-state index in [0.717, 1.165) is 21.5 Å². The number of nitrogens with zero attached hydrogens (tertiary/aromatic N) is 4. The maximum absolute atomic E-state index is 12.0. The summed E-state index contributed by atoms with van der Waals surface area (Å²) >= 11 is 1.37. The molecule has 0 unspecified atom stereocenters. The Hall–Kier alpha value is -3.51. The number of thiazole rings is 1. The second-order valence-corrected chi connectivity index (χ2v) is 9.15. The van der Waals surface area contributed by atoms with Crippen LogP contribution in [0.3, 0.4) is 0 Å². The molecule has 1 aliphatic rings. The number of carbonyl (C=O) groups is 1. The first-order valence-electron chi connectivity index (χ1n) is 11.2. The highest BCUT2D eigenvalue weighted by Gasteiger charge is 2.42. The molecule has 4 aromatic rings. The van der Waals surface area contributed by atoms with E-state index in [-0.39, 0.29) is 24.9 Å². The fraction of sp³-hybridized carbons (Fsp3) is 0.292. The number of rotatable bonds is 5. The number of pyridine rings is 1.